The second-order valence-corrected chi connectivity index (χ2v) is 3.96. The van der Waals surface area contributed by atoms with E-state index in [1.165, 1.54) is 24.3 Å². The number of carboxylic acids is 1. The smallest absolute Gasteiger partial charge is 0.481 e. The Bertz CT molecular complexity index is 409. The lowest BCUT2D eigenvalue weighted by atomic mass is 10.1. The molecule has 6 nitrogen and oxygen atoms in total. The maximum absolute atomic E-state index is 10.5. The molecule has 0 heterocycles. The average molecular weight is 232 g/mol. The molecule has 0 aliphatic heterocycles. The van der Waals surface area contributed by atoms with Crippen LogP contribution < -0.4 is 4.52 Å². The number of benzene rings is 1. The first-order chi connectivity index (χ1) is 6.87. The number of carboxylic acid groups (broad SMARTS) is 1. The molecular weight excluding hydrogens is 223 g/mol. The fourth-order valence-corrected chi connectivity index (χ4v) is 1.41. The van der Waals surface area contributed by atoms with Crippen LogP contribution >= 0.6 is 7.82 Å². The molecule has 0 bridgehead atoms. The van der Waals surface area contributed by atoms with E-state index in [0.717, 1.165) is 0 Å². The maximum atomic E-state index is 10.5. The first-order valence-corrected chi connectivity index (χ1v) is 5.46. The minimum atomic E-state index is -4.59. The number of hydrogen-bond acceptors (Lipinski definition) is 3. The molecule has 1 aromatic rings. The zero-order chi connectivity index (χ0) is 11.5. The molecule has 0 fully saturated rings. The van der Waals surface area contributed by atoms with Crippen LogP contribution in [0.3, 0.4) is 0 Å². The van der Waals surface area contributed by atoms with Crippen molar-refractivity contribution in [3.05, 3.63) is 29.8 Å². The molecule has 0 spiro atoms. The van der Waals surface area contributed by atoms with Crippen LogP contribution in [0.25, 0.3) is 0 Å². The lowest BCUT2D eigenvalue weighted by Gasteiger charge is -2.07. The Morgan fingerprint density at radius 3 is 2.60 bits per heavy atom. The summed E-state index contributed by atoms with van der Waals surface area (Å²) in [5.74, 6) is -1.08. The average Bonchev–Trinajstić information content (AvgIpc) is 1.99. The Morgan fingerprint density at radius 1 is 1.40 bits per heavy atom. The SMILES string of the molecule is O=C(O)Cc1cccc(OP(=O)(O)O)c1. The Hall–Kier alpha value is -1.36. The largest absolute Gasteiger partial charge is 0.524 e. The van der Waals surface area contributed by atoms with Gasteiger partial charge < -0.3 is 9.63 Å². The van der Waals surface area contributed by atoms with Gasteiger partial charge in [-0.05, 0) is 17.7 Å². The molecule has 0 amide bonds. The number of aliphatic carboxylic acids is 1. The van der Waals surface area contributed by atoms with E-state index in [2.05, 4.69) is 4.52 Å². The van der Waals surface area contributed by atoms with E-state index in [-0.39, 0.29) is 12.2 Å². The summed E-state index contributed by atoms with van der Waals surface area (Å²) in [6, 6.07) is 5.60. The molecule has 0 radical (unpaired) electrons. The highest BCUT2D eigenvalue weighted by Gasteiger charge is 2.15. The molecular formula is C8H9O6P. The van der Waals surface area contributed by atoms with Crippen molar-refractivity contribution < 1.29 is 28.8 Å². The summed E-state index contributed by atoms with van der Waals surface area (Å²) in [5.41, 5.74) is 0.411. The molecule has 0 aliphatic rings. The third kappa shape index (κ3) is 4.60. The van der Waals surface area contributed by atoms with Crippen molar-refractivity contribution in [2.45, 2.75) is 6.42 Å². The summed E-state index contributed by atoms with van der Waals surface area (Å²) < 4.78 is 14.8. The number of hydrogen-bond donors (Lipinski definition) is 3. The summed E-state index contributed by atoms with van der Waals surface area (Å²) in [6.45, 7) is 0. The van der Waals surface area contributed by atoms with Crippen LogP contribution in [0, 0.1) is 0 Å². The molecule has 0 unspecified atom stereocenters. The van der Waals surface area contributed by atoms with Gasteiger partial charge in [-0.1, -0.05) is 12.1 Å². The summed E-state index contributed by atoms with van der Waals surface area (Å²) in [4.78, 5) is 27.4. The van der Waals surface area contributed by atoms with E-state index in [1.54, 1.807) is 0 Å². The van der Waals surface area contributed by atoms with E-state index >= 15 is 0 Å². The van der Waals surface area contributed by atoms with Gasteiger partial charge >= 0.3 is 13.8 Å². The first kappa shape index (κ1) is 11.7. The molecule has 15 heavy (non-hydrogen) atoms. The van der Waals surface area contributed by atoms with E-state index in [4.69, 9.17) is 14.9 Å². The monoisotopic (exact) mass is 232 g/mol. The zero-order valence-corrected chi connectivity index (χ0v) is 8.42. The van der Waals surface area contributed by atoms with Gasteiger partial charge in [-0.2, -0.15) is 0 Å². The number of rotatable bonds is 4. The molecule has 0 aromatic heterocycles. The van der Waals surface area contributed by atoms with Gasteiger partial charge in [0.1, 0.15) is 5.75 Å². The predicted molar refractivity (Wildman–Crippen MR) is 50.5 cm³/mol. The van der Waals surface area contributed by atoms with Crippen LogP contribution in [0.4, 0.5) is 0 Å². The van der Waals surface area contributed by atoms with E-state index in [9.17, 15) is 9.36 Å². The Morgan fingerprint density at radius 2 is 2.07 bits per heavy atom. The summed E-state index contributed by atoms with van der Waals surface area (Å²) >= 11 is 0. The number of phosphoric acid groups is 1. The van der Waals surface area contributed by atoms with Gasteiger partial charge in [0.2, 0.25) is 0 Å². The van der Waals surface area contributed by atoms with E-state index in [0.29, 0.717) is 5.56 Å². The van der Waals surface area contributed by atoms with Crippen molar-refractivity contribution in [2.75, 3.05) is 0 Å². The van der Waals surface area contributed by atoms with Crippen LogP contribution in [0.1, 0.15) is 5.56 Å². The fourth-order valence-electron chi connectivity index (χ4n) is 1.02. The topological polar surface area (TPSA) is 104 Å². The second-order valence-electron chi connectivity index (χ2n) is 2.80. The first-order valence-electron chi connectivity index (χ1n) is 3.93. The van der Waals surface area contributed by atoms with Crippen molar-refractivity contribution in [1.29, 1.82) is 0 Å². The van der Waals surface area contributed by atoms with Crippen LogP contribution in [-0.2, 0) is 15.8 Å². The number of phosphoric ester groups is 1. The summed E-state index contributed by atoms with van der Waals surface area (Å²) in [7, 11) is -4.59. The van der Waals surface area contributed by atoms with Gasteiger partial charge in [-0.15, -0.1) is 0 Å². The Kier molecular flexibility index (Phi) is 3.47. The normalized spacial score (nSPS) is 11.1. The second kappa shape index (κ2) is 4.44. The quantitative estimate of drug-likeness (QED) is 0.663. The summed E-state index contributed by atoms with van der Waals surface area (Å²) in [5, 5.41) is 8.50. The van der Waals surface area contributed by atoms with Crippen molar-refractivity contribution in [3.8, 4) is 5.75 Å². The van der Waals surface area contributed by atoms with Crippen molar-refractivity contribution >= 4 is 13.8 Å². The van der Waals surface area contributed by atoms with Crippen LogP contribution in [-0.4, -0.2) is 20.9 Å². The van der Waals surface area contributed by atoms with Gasteiger partial charge in [-0.3, -0.25) is 14.6 Å². The Labute approximate surface area is 85.4 Å². The van der Waals surface area contributed by atoms with Crippen molar-refractivity contribution in [3.63, 3.8) is 0 Å². The van der Waals surface area contributed by atoms with Gasteiger partial charge in [0.25, 0.3) is 0 Å². The number of carbonyl (C=O) groups is 1. The molecule has 82 valence electrons. The van der Waals surface area contributed by atoms with Crippen LogP contribution in [0.5, 0.6) is 5.75 Å². The maximum Gasteiger partial charge on any atom is 0.524 e. The predicted octanol–water partition coefficient (Wildman–Crippen LogP) is 0.785. The highest BCUT2D eigenvalue weighted by atomic mass is 31.2. The highest BCUT2D eigenvalue weighted by Crippen LogP contribution is 2.37. The van der Waals surface area contributed by atoms with Crippen LogP contribution in [0.15, 0.2) is 24.3 Å². The lowest BCUT2D eigenvalue weighted by molar-refractivity contribution is -0.136. The van der Waals surface area contributed by atoms with Gasteiger partial charge in [0, 0.05) is 0 Å². The minimum absolute atomic E-state index is 0.0536. The lowest BCUT2D eigenvalue weighted by Crippen LogP contribution is -2.00. The van der Waals surface area contributed by atoms with Gasteiger partial charge in [-0.25, -0.2) is 4.57 Å². The molecule has 7 heteroatoms. The molecule has 0 aliphatic carbocycles. The summed E-state index contributed by atoms with van der Waals surface area (Å²) in [6.07, 6.45) is -0.224. The molecule has 3 N–H and O–H groups in total. The highest BCUT2D eigenvalue weighted by molar-refractivity contribution is 7.46. The molecule has 0 saturated heterocycles. The zero-order valence-electron chi connectivity index (χ0n) is 7.53. The van der Waals surface area contributed by atoms with E-state index in [1.807, 2.05) is 0 Å². The van der Waals surface area contributed by atoms with Crippen LogP contribution in [0.2, 0.25) is 0 Å². The van der Waals surface area contributed by atoms with Gasteiger partial charge in [0.15, 0.2) is 0 Å². The standard InChI is InChI=1S/C8H9O6P/c9-8(10)5-6-2-1-3-7(4-6)14-15(11,12)13/h1-4H,5H2,(H,9,10)(H2,11,12,13). The van der Waals surface area contributed by atoms with Gasteiger partial charge in [0.05, 0.1) is 6.42 Å². The third-order valence-corrected chi connectivity index (χ3v) is 1.93. The van der Waals surface area contributed by atoms with Crippen molar-refractivity contribution in [1.82, 2.24) is 0 Å². The van der Waals surface area contributed by atoms with Crippen molar-refractivity contribution in [2.24, 2.45) is 0 Å². The molecule has 1 aromatic carbocycles. The fraction of sp³-hybridized carbons (Fsp3) is 0.125. The molecule has 0 saturated carbocycles. The molecule has 1 rings (SSSR count). The minimum Gasteiger partial charge on any atom is -0.481 e. The third-order valence-electron chi connectivity index (χ3n) is 1.48. The Balaban J connectivity index is 2.83. The molecule has 0 atom stereocenters. The van der Waals surface area contributed by atoms with E-state index < -0.39 is 13.8 Å².